The molecular weight excluding hydrogens is 290 g/mol. The zero-order valence-corrected chi connectivity index (χ0v) is 14.8. The zero-order chi connectivity index (χ0) is 17.2. The number of ether oxygens (including phenoxy) is 1. The van der Waals surface area contributed by atoms with E-state index in [4.69, 9.17) is 4.74 Å². The molecule has 0 saturated carbocycles. The van der Waals surface area contributed by atoms with Crippen LogP contribution in [-0.4, -0.2) is 37.0 Å². The normalized spacial score (nSPS) is 11.8. The van der Waals surface area contributed by atoms with Crippen molar-refractivity contribution in [2.24, 2.45) is 5.92 Å². The molecule has 0 heterocycles. The van der Waals surface area contributed by atoms with Crippen LogP contribution >= 0.6 is 0 Å². The van der Waals surface area contributed by atoms with Crippen molar-refractivity contribution in [3.63, 3.8) is 0 Å². The average molecular weight is 319 g/mol. The second kappa shape index (κ2) is 10.0. The van der Waals surface area contributed by atoms with Gasteiger partial charge in [0.2, 0.25) is 0 Å². The van der Waals surface area contributed by atoms with Crippen molar-refractivity contribution in [2.75, 3.05) is 20.2 Å². The van der Waals surface area contributed by atoms with Crippen LogP contribution in [-0.2, 0) is 9.53 Å². The molecule has 1 unspecified atom stereocenters. The number of hydrogen-bond acceptors (Lipinski definition) is 3. The highest BCUT2D eigenvalue weighted by atomic mass is 16.5. The van der Waals surface area contributed by atoms with Gasteiger partial charge in [-0.3, -0.25) is 9.59 Å². The number of hydrogen-bond donors (Lipinski definition) is 0. The van der Waals surface area contributed by atoms with Crippen LogP contribution in [0.4, 0.5) is 0 Å². The topological polar surface area (TPSA) is 46.6 Å². The number of carbonyl (C=O) groups excluding carboxylic acids is 2. The summed E-state index contributed by atoms with van der Waals surface area (Å²) < 4.78 is 4.79. The molecule has 0 N–H and O–H groups in total. The molecule has 1 atom stereocenters. The summed E-state index contributed by atoms with van der Waals surface area (Å²) in [6.45, 7) is 6.97. The molecule has 4 nitrogen and oxygen atoms in total. The lowest BCUT2D eigenvalue weighted by Crippen LogP contribution is -2.38. The highest BCUT2D eigenvalue weighted by Crippen LogP contribution is 2.14. The van der Waals surface area contributed by atoms with Crippen LogP contribution in [0.25, 0.3) is 0 Å². The van der Waals surface area contributed by atoms with Gasteiger partial charge in [0, 0.05) is 18.7 Å². The summed E-state index contributed by atoms with van der Waals surface area (Å²) in [5, 5.41) is 0. The molecule has 1 aromatic rings. The number of nitrogens with zero attached hydrogens (tertiary/aromatic N) is 1. The summed E-state index contributed by atoms with van der Waals surface area (Å²) in [5.41, 5.74) is 1.67. The quantitative estimate of drug-likeness (QED) is 0.513. The van der Waals surface area contributed by atoms with Crippen molar-refractivity contribution in [1.82, 2.24) is 4.90 Å². The third kappa shape index (κ3) is 6.05. The largest absolute Gasteiger partial charge is 0.469 e. The molecule has 4 heteroatoms. The van der Waals surface area contributed by atoms with Gasteiger partial charge in [0.25, 0.3) is 5.91 Å². The molecule has 0 radical (unpaired) electrons. The van der Waals surface area contributed by atoms with Crippen molar-refractivity contribution in [3.05, 3.63) is 35.4 Å². The lowest BCUT2D eigenvalue weighted by atomic mass is 10.1. The van der Waals surface area contributed by atoms with Crippen molar-refractivity contribution < 1.29 is 14.3 Å². The van der Waals surface area contributed by atoms with E-state index in [1.54, 1.807) is 11.8 Å². The van der Waals surface area contributed by atoms with E-state index < -0.39 is 0 Å². The first-order valence-electron chi connectivity index (χ1n) is 8.44. The maximum atomic E-state index is 12.8. The Morgan fingerprint density at radius 2 is 1.87 bits per heavy atom. The molecule has 0 aliphatic rings. The minimum absolute atomic E-state index is 0.00430. The van der Waals surface area contributed by atoms with E-state index in [9.17, 15) is 9.59 Å². The fraction of sp³-hybridized carbons (Fsp3) is 0.579. The van der Waals surface area contributed by atoms with Crippen LogP contribution in [0.5, 0.6) is 0 Å². The molecule has 1 amide bonds. The molecule has 0 fully saturated rings. The lowest BCUT2D eigenvalue weighted by Gasteiger charge is -2.26. The van der Waals surface area contributed by atoms with E-state index in [2.05, 4.69) is 6.92 Å². The van der Waals surface area contributed by atoms with Crippen LogP contribution in [0.15, 0.2) is 24.3 Å². The fourth-order valence-corrected chi connectivity index (χ4v) is 2.59. The Labute approximate surface area is 139 Å². The summed E-state index contributed by atoms with van der Waals surface area (Å²) in [7, 11) is 1.38. The van der Waals surface area contributed by atoms with Crippen LogP contribution in [0, 0.1) is 12.8 Å². The minimum atomic E-state index is -0.320. The second-order valence-electron chi connectivity index (χ2n) is 6.05. The van der Waals surface area contributed by atoms with Gasteiger partial charge in [-0.05, 0) is 25.0 Å². The molecular formula is C19H29NO3. The highest BCUT2D eigenvalue weighted by molar-refractivity contribution is 5.95. The molecule has 0 aromatic heterocycles. The number of esters is 1. The van der Waals surface area contributed by atoms with Gasteiger partial charge >= 0.3 is 5.97 Å². The monoisotopic (exact) mass is 319 g/mol. The molecule has 23 heavy (non-hydrogen) atoms. The SMILES string of the molecule is CCCCCCN(CC(C)C(=O)OC)C(=O)c1ccccc1C. The first-order valence-corrected chi connectivity index (χ1v) is 8.44. The summed E-state index contributed by atoms with van der Waals surface area (Å²) in [5.74, 6) is -0.601. The number of methoxy groups -OCH3 is 1. The van der Waals surface area contributed by atoms with Gasteiger partial charge in [-0.15, -0.1) is 0 Å². The smallest absolute Gasteiger partial charge is 0.310 e. The van der Waals surface area contributed by atoms with Crippen LogP contribution in [0.2, 0.25) is 0 Å². The standard InChI is InChI=1S/C19H29NO3/c1-5-6-7-10-13-20(14-16(3)19(22)23-4)18(21)17-12-9-8-11-15(17)2/h8-9,11-12,16H,5-7,10,13-14H2,1-4H3. The predicted octanol–water partition coefficient (Wildman–Crippen LogP) is 3.83. The third-order valence-corrected chi connectivity index (χ3v) is 4.04. The molecule has 0 bridgehead atoms. The average Bonchev–Trinajstić information content (AvgIpc) is 2.56. The summed E-state index contributed by atoms with van der Waals surface area (Å²) in [6.07, 6.45) is 4.38. The molecule has 0 spiro atoms. The number of aryl methyl sites for hydroxylation is 1. The Morgan fingerprint density at radius 3 is 2.48 bits per heavy atom. The van der Waals surface area contributed by atoms with Gasteiger partial charge < -0.3 is 9.64 Å². The minimum Gasteiger partial charge on any atom is -0.469 e. The summed E-state index contributed by atoms with van der Waals surface area (Å²) in [6, 6.07) is 7.58. The Balaban J connectivity index is 2.82. The molecule has 0 aliphatic heterocycles. The maximum Gasteiger partial charge on any atom is 0.310 e. The van der Waals surface area contributed by atoms with E-state index in [0.29, 0.717) is 18.7 Å². The van der Waals surface area contributed by atoms with Crippen LogP contribution in [0.3, 0.4) is 0 Å². The van der Waals surface area contributed by atoms with Crippen LogP contribution < -0.4 is 0 Å². The Morgan fingerprint density at radius 1 is 1.17 bits per heavy atom. The zero-order valence-electron chi connectivity index (χ0n) is 14.8. The van der Waals surface area contributed by atoms with E-state index in [1.807, 2.05) is 31.2 Å². The van der Waals surface area contributed by atoms with Gasteiger partial charge in [0.15, 0.2) is 0 Å². The molecule has 128 valence electrons. The lowest BCUT2D eigenvalue weighted by molar-refractivity contribution is -0.145. The number of benzene rings is 1. The first kappa shape index (κ1) is 19.2. The van der Waals surface area contributed by atoms with Gasteiger partial charge in [-0.1, -0.05) is 51.3 Å². The number of unbranched alkanes of at least 4 members (excludes halogenated alkanes) is 3. The molecule has 0 aliphatic carbocycles. The van der Waals surface area contributed by atoms with Crippen molar-refractivity contribution >= 4 is 11.9 Å². The highest BCUT2D eigenvalue weighted by Gasteiger charge is 2.23. The molecule has 1 rings (SSSR count). The fourth-order valence-electron chi connectivity index (χ4n) is 2.59. The van der Waals surface area contributed by atoms with Gasteiger partial charge in [0.1, 0.15) is 0 Å². The van der Waals surface area contributed by atoms with Crippen molar-refractivity contribution in [1.29, 1.82) is 0 Å². The Hall–Kier alpha value is -1.84. The summed E-state index contributed by atoms with van der Waals surface area (Å²) in [4.78, 5) is 26.3. The number of rotatable bonds is 9. The van der Waals surface area contributed by atoms with E-state index in [1.165, 1.54) is 13.5 Å². The number of amides is 1. The summed E-state index contributed by atoms with van der Waals surface area (Å²) >= 11 is 0. The van der Waals surface area contributed by atoms with Gasteiger partial charge in [0.05, 0.1) is 13.0 Å². The van der Waals surface area contributed by atoms with Crippen molar-refractivity contribution in [3.8, 4) is 0 Å². The number of carbonyl (C=O) groups is 2. The second-order valence-corrected chi connectivity index (χ2v) is 6.05. The maximum absolute atomic E-state index is 12.8. The van der Waals surface area contributed by atoms with Gasteiger partial charge in [-0.25, -0.2) is 0 Å². The third-order valence-electron chi connectivity index (χ3n) is 4.04. The Bertz CT molecular complexity index is 513. The first-order chi connectivity index (χ1) is 11.0. The van der Waals surface area contributed by atoms with E-state index in [0.717, 1.165) is 24.8 Å². The molecule has 1 aromatic carbocycles. The van der Waals surface area contributed by atoms with E-state index in [-0.39, 0.29) is 17.8 Å². The van der Waals surface area contributed by atoms with E-state index >= 15 is 0 Å². The molecule has 0 saturated heterocycles. The predicted molar refractivity (Wildman–Crippen MR) is 92.4 cm³/mol. The Kier molecular flexibility index (Phi) is 8.38. The van der Waals surface area contributed by atoms with Crippen LogP contribution in [0.1, 0.15) is 55.5 Å². The van der Waals surface area contributed by atoms with Gasteiger partial charge in [-0.2, -0.15) is 0 Å². The van der Waals surface area contributed by atoms with Crippen molar-refractivity contribution in [2.45, 2.75) is 46.5 Å².